The lowest BCUT2D eigenvalue weighted by Gasteiger charge is -2.11. The number of tetrazole rings is 1. The number of benzene rings is 2. The van der Waals surface area contributed by atoms with Gasteiger partial charge in [0.15, 0.2) is 0 Å². The maximum absolute atomic E-state index is 12.4. The summed E-state index contributed by atoms with van der Waals surface area (Å²) in [4.78, 5) is 12.4. The smallest absolute Gasteiger partial charge is 0.251 e. The van der Waals surface area contributed by atoms with Crippen molar-refractivity contribution in [3.05, 3.63) is 59.9 Å². The van der Waals surface area contributed by atoms with Crippen LogP contribution >= 0.6 is 0 Å². The molecule has 1 heterocycles. The van der Waals surface area contributed by atoms with E-state index in [-0.39, 0.29) is 5.91 Å². The molecule has 0 aliphatic carbocycles. The van der Waals surface area contributed by atoms with Crippen molar-refractivity contribution >= 4 is 5.91 Å². The third-order valence-corrected chi connectivity index (χ3v) is 3.66. The van der Waals surface area contributed by atoms with Gasteiger partial charge in [-0.3, -0.25) is 4.79 Å². The lowest BCUT2D eigenvalue weighted by molar-refractivity contribution is 0.0950. The first kappa shape index (κ1) is 16.4. The zero-order chi connectivity index (χ0) is 17.6. The van der Waals surface area contributed by atoms with Gasteiger partial charge in [0.25, 0.3) is 5.91 Å². The Balaban J connectivity index is 1.72. The standard InChI is InChI=1S/C17H17N5O3/c1-24-15-7-6-13(16(9-15)25-2)10-18-17(23)12-4-3-5-14(8-12)22-11-19-20-21-22/h3-9,11H,10H2,1-2H3,(H,18,23). The van der Waals surface area contributed by atoms with Crippen molar-refractivity contribution in [3.8, 4) is 17.2 Å². The molecule has 3 aromatic rings. The zero-order valence-corrected chi connectivity index (χ0v) is 13.8. The van der Waals surface area contributed by atoms with E-state index in [2.05, 4.69) is 20.8 Å². The Labute approximate surface area is 144 Å². The van der Waals surface area contributed by atoms with Gasteiger partial charge >= 0.3 is 0 Å². The van der Waals surface area contributed by atoms with Crippen molar-refractivity contribution in [2.75, 3.05) is 14.2 Å². The highest BCUT2D eigenvalue weighted by atomic mass is 16.5. The Morgan fingerprint density at radius 3 is 2.76 bits per heavy atom. The first-order valence-corrected chi connectivity index (χ1v) is 7.54. The van der Waals surface area contributed by atoms with Gasteiger partial charge in [0.2, 0.25) is 0 Å². The minimum Gasteiger partial charge on any atom is -0.497 e. The number of hydrogen-bond acceptors (Lipinski definition) is 6. The number of hydrogen-bond donors (Lipinski definition) is 1. The van der Waals surface area contributed by atoms with Crippen LogP contribution in [-0.2, 0) is 6.54 Å². The Hall–Kier alpha value is -3.42. The molecule has 8 nitrogen and oxygen atoms in total. The number of nitrogens with zero attached hydrogens (tertiary/aromatic N) is 4. The number of methoxy groups -OCH3 is 2. The zero-order valence-electron chi connectivity index (χ0n) is 13.8. The fourth-order valence-corrected chi connectivity index (χ4v) is 2.34. The molecule has 1 aromatic heterocycles. The van der Waals surface area contributed by atoms with Crippen LogP contribution in [0.4, 0.5) is 0 Å². The van der Waals surface area contributed by atoms with E-state index in [0.29, 0.717) is 29.3 Å². The molecule has 0 unspecified atom stereocenters. The van der Waals surface area contributed by atoms with Crippen LogP contribution in [0, 0.1) is 0 Å². The Morgan fingerprint density at radius 1 is 1.16 bits per heavy atom. The minimum atomic E-state index is -0.201. The lowest BCUT2D eigenvalue weighted by atomic mass is 10.1. The molecule has 0 radical (unpaired) electrons. The molecule has 1 N–H and O–H groups in total. The molecule has 1 amide bonds. The van der Waals surface area contributed by atoms with E-state index in [1.807, 2.05) is 18.2 Å². The molecule has 8 heteroatoms. The molecule has 2 aromatic carbocycles. The topological polar surface area (TPSA) is 91.2 Å². The molecule has 0 spiro atoms. The van der Waals surface area contributed by atoms with E-state index < -0.39 is 0 Å². The average Bonchev–Trinajstić information content (AvgIpc) is 3.21. The van der Waals surface area contributed by atoms with Gasteiger partial charge in [-0.25, -0.2) is 4.68 Å². The van der Waals surface area contributed by atoms with Gasteiger partial charge in [0, 0.05) is 23.7 Å². The maximum Gasteiger partial charge on any atom is 0.251 e. The van der Waals surface area contributed by atoms with Gasteiger partial charge in [-0.2, -0.15) is 0 Å². The summed E-state index contributed by atoms with van der Waals surface area (Å²) in [6.07, 6.45) is 1.47. The minimum absolute atomic E-state index is 0.201. The summed E-state index contributed by atoms with van der Waals surface area (Å²) in [7, 11) is 3.17. The number of amides is 1. The van der Waals surface area contributed by atoms with Crippen molar-refractivity contribution < 1.29 is 14.3 Å². The van der Waals surface area contributed by atoms with Crippen LogP contribution in [0.2, 0.25) is 0 Å². The summed E-state index contributed by atoms with van der Waals surface area (Å²) in [5.74, 6) is 1.15. The van der Waals surface area contributed by atoms with Crippen LogP contribution in [0.25, 0.3) is 5.69 Å². The summed E-state index contributed by atoms with van der Waals surface area (Å²) in [6, 6.07) is 12.5. The predicted molar refractivity (Wildman–Crippen MR) is 89.9 cm³/mol. The third-order valence-electron chi connectivity index (χ3n) is 3.66. The lowest BCUT2D eigenvalue weighted by Crippen LogP contribution is -2.23. The van der Waals surface area contributed by atoms with Crippen molar-refractivity contribution in [1.82, 2.24) is 25.5 Å². The van der Waals surface area contributed by atoms with Gasteiger partial charge in [-0.1, -0.05) is 6.07 Å². The second kappa shape index (κ2) is 7.43. The monoisotopic (exact) mass is 339 g/mol. The molecule has 3 rings (SSSR count). The highest BCUT2D eigenvalue weighted by Crippen LogP contribution is 2.24. The van der Waals surface area contributed by atoms with Gasteiger partial charge < -0.3 is 14.8 Å². The maximum atomic E-state index is 12.4. The fourth-order valence-electron chi connectivity index (χ4n) is 2.34. The van der Waals surface area contributed by atoms with Gasteiger partial charge in [-0.15, -0.1) is 5.10 Å². The SMILES string of the molecule is COc1ccc(CNC(=O)c2cccc(-n3cnnn3)c2)c(OC)c1. The normalized spacial score (nSPS) is 10.3. The van der Waals surface area contributed by atoms with Crippen LogP contribution in [0.3, 0.4) is 0 Å². The van der Waals surface area contributed by atoms with Crippen molar-refractivity contribution in [2.45, 2.75) is 6.54 Å². The van der Waals surface area contributed by atoms with Crippen molar-refractivity contribution in [1.29, 1.82) is 0 Å². The quantitative estimate of drug-likeness (QED) is 0.734. The Bertz CT molecular complexity index is 864. The number of carbonyl (C=O) groups is 1. The highest BCUT2D eigenvalue weighted by molar-refractivity contribution is 5.94. The van der Waals surface area contributed by atoms with Crippen LogP contribution in [-0.4, -0.2) is 40.3 Å². The van der Waals surface area contributed by atoms with E-state index in [9.17, 15) is 4.79 Å². The Morgan fingerprint density at radius 2 is 2.04 bits per heavy atom. The largest absolute Gasteiger partial charge is 0.497 e. The van der Waals surface area contributed by atoms with E-state index in [1.165, 1.54) is 11.0 Å². The molecule has 0 saturated heterocycles. The molecular weight excluding hydrogens is 322 g/mol. The second-order valence-corrected chi connectivity index (χ2v) is 5.17. The first-order valence-electron chi connectivity index (χ1n) is 7.54. The number of aromatic nitrogens is 4. The fraction of sp³-hybridized carbons (Fsp3) is 0.176. The molecule has 128 valence electrons. The van der Waals surface area contributed by atoms with Gasteiger partial charge in [-0.05, 0) is 40.8 Å². The number of nitrogens with one attached hydrogen (secondary N) is 1. The summed E-state index contributed by atoms with van der Waals surface area (Å²) in [6.45, 7) is 0.334. The van der Waals surface area contributed by atoms with Gasteiger partial charge in [0.1, 0.15) is 17.8 Å². The van der Waals surface area contributed by atoms with Crippen LogP contribution in [0.5, 0.6) is 11.5 Å². The van der Waals surface area contributed by atoms with Gasteiger partial charge in [0.05, 0.1) is 19.9 Å². The summed E-state index contributed by atoms with van der Waals surface area (Å²) >= 11 is 0. The predicted octanol–water partition coefficient (Wildman–Crippen LogP) is 1.61. The van der Waals surface area contributed by atoms with E-state index in [1.54, 1.807) is 38.5 Å². The van der Waals surface area contributed by atoms with Crippen LogP contribution in [0.15, 0.2) is 48.8 Å². The molecule has 0 fully saturated rings. The number of ether oxygens (including phenoxy) is 2. The molecule has 0 atom stereocenters. The van der Waals surface area contributed by atoms with Crippen LogP contribution < -0.4 is 14.8 Å². The van der Waals surface area contributed by atoms with Crippen molar-refractivity contribution in [3.63, 3.8) is 0 Å². The first-order chi connectivity index (χ1) is 12.2. The van der Waals surface area contributed by atoms with E-state index in [4.69, 9.17) is 9.47 Å². The van der Waals surface area contributed by atoms with E-state index in [0.717, 1.165) is 5.56 Å². The number of rotatable bonds is 6. The molecule has 0 aliphatic rings. The molecular formula is C17H17N5O3. The molecule has 25 heavy (non-hydrogen) atoms. The highest BCUT2D eigenvalue weighted by Gasteiger charge is 2.10. The summed E-state index contributed by atoms with van der Waals surface area (Å²) in [5, 5.41) is 13.9. The molecule has 0 saturated carbocycles. The van der Waals surface area contributed by atoms with E-state index >= 15 is 0 Å². The second-order valence-electron chi connectivity index (χ2n) is 5.17. The average molecular weight is 339 g/mol. The summed E-state index contributed by atoms with van der Waals surface area (Å²) < 4.78 is 12.0. The molecule has 0 bridgehead atoms. The van der Waals surface area contributed by atoms with Crippen molar-refractivity contribution in [2.24, 2.45) is 0 Å². The molecule has 0 aliphatic heterocycles. The third kappa shape index (κ3) is 3.74. The Kier molecular flexibility index (Phi) is 4.89. The summed E-state index contributed by atoms with van der Waals surface area (Å²) in [5.41, 5.74) is 2.08. The van der Waals surface area contributed by atoms with Crippen LogP contribution in [0.1, 0.15) is 15.9 Å². The number of carbonyl (C=O) groups excluding carboxylic acids is 1.